The third kappa shape index (κ3) is 1.70. The van der Waals surface area contributed by atoms with Gasteiger partial charge in [0.15, 0.2) is 5.65 Å². The molecule has 0 amide bonds. The fourth-order valence-electron chi connectivity index (χ4n) is 1.87. The van der Waals surface area contributed by atoms with Gasteiger partial charge in [-0.1, -0.05) is 18.3 Å². The minimum absolute atomic E-state index is 0.338. The minimum atomic E-state index is 0.338. The van der Waals surface area contributed by atoms with Gasteiger partial charge >= 0.3 is 0 Å². The highest BCUT2D eigenvalue weighted by atomic mass is 32.1. The fourth-order valence-corrected chi connectivity index (χ4v) is 2.76. The van der Waals surface area contributed by atoms with Crippen LogP contribution >= 0.6 is 23.6 Å². The number of nitrogens with two attached hydrogens (primary N) is 1. The zero-order chi connectivity index (χ0) is 12.7. The van der Waals surface area contributed by atoms with E-state index >= 15 is 0 Å². The summed E-state index contributed by atoms with van der Waals surface area (Å²) in [5.74, 6) is 0.705. The molecule has 0 fully saturated rings. The van der Waals surface area contributed by atoms with Crippen LogP contribution in [0.1, 0.15) is 11.4 Å². The Labute approximate surface area is 113 Å². The first-order valence-electron chi connectivity index (χ1n) is 5.37. The van der Waals surface area contributed by atoms with E-state index in [1.165, 1.54) is 0 Å². The summed E-state index contributed by atoms with van der Waals surface area (Å²) in [7, 11) is 0. The second-order valence-electron chi connectivity index (χ2n) is 3.87. The van der Waals surface area contributed by atoms with E-state index < -0.39 is 0 Å². The average Bonchev–Trinajstić information content (AvgIpc) is 2.94. The van der Waals surface area contributed by atoms with Gasteiger partial charge in [-0.3, -0.25) is 0 Å². The van der Waals surface area contributed by atoms with E-state index in [4.69, 9.17) is 18.0 Å². The molecule has 3 rings (SSSR count). The van der Waals surface area contributed by atoms with Crippen LogP contribution in [0.25, 0.3) is 16.2 Å². The molecule has 0 aliphatic rings. The highest BCUT2D eigenvalue weighted by Crippen LogP contribution is 2.26. The van der Waals surface area contributed by atoms with Gasteiger partial charge in [0, 0.05) is 0 Å². The normalized spacial score (nSPS) is 10.9. The van der Waals surface area contributed by atoms with E-state index in [9.17, 15) is 0 Å². The van der Waals surface area contributed by atoms with E-state index in [1.54, 1.807) is 15.9 Å². The van der Waals surface area contributed by atoms with Crippen molar-refractivity contribution in [2.45, 2.75) is 6.92 Å². The van der Waals surface area contributed by atoms with E-state index in [1.807, 2.05) is 30.5 Å². The van der Waals surface area contributed by atoms with Gasteiger partial charge in [-0.25, -0.2) is 9.50 Å². The highest BCUT2D eigenvalue weighted by molar-refractivity contribution is 7.80. The lowest BCUT2D eigenvalue weighted by Gasteiger charge is -2.05. The smallest absolute Gasteiger partial charge is 0.166 e. The Kier molecular flexibility index (Phi) is 2.61. The van der Waals surface area contributed by atoms with Gasteiger partial charge in [-0.15, -0.1) is 11.3 Å². The van der Waals surface area contributed by atoms with Crippen LogP contribution in [0.5, 0.6) is 0 Å². The van der Waals surface area contributed by atoms with E-state index in [0.717, 1.165) is 16.1 Å². The maximum Gasteiger partial charge on any atom is 0.166 e. The maximum absolute atomic E-state index is 5.71. The number of fused-ring (bicyclic) bond motifs is 1. The summed E-state index contributed by atoms with van der Waals surface area (Å²) < 4.78 is 1.80. The molecule has 0 aliphatic heterocycles. The van der Waals surface area contributed by atoms with E-state index in [0.29, 0.717) is 16.5 Å². The zero-order valence-corrected chi connectivity index (χ0v) is 11.3. The van der Waals surface area contributed by atoms with E-state index in [2.05, 4.69) is 16.1 Å². The Morgan fingerprint density at radius 3 is 2.89 bits per heavy atom. The molecule has 0 saturated carbocycles. The summed E-state index contributed by atoms with van der Waals surface area (Å²) in [4.78, 5) is 5.87. The lowest BCUT2D eigenvalue weighted by atomic mass is 10.2. The summed E-state index contributed by atoms with van der Waals surface area (Å²) in [6, 6.07) is 7.94. The third-order valence-corrected chi connectivity index (χ3v) is 3.74. The lowest BCUT2D eigenvalue weighted by molar-refractivity contribution is 0.939. The van der Waals surface area contributed by atoms with Crippen molar-refractivity contribution < 1.29 is 0 Å². The van der Waals surface area contributed by atoms with Crippen molar-refractivity contribution in [1.29, 1.82) is 0 Å². The molecule has 90 valence electrons. The molecule has 6 heteroatoms. The van der Waals surface area contributed by atoms with Crippen LogP contribution in [0.15, 0.2) is 29.6 Å². The molecular weight excluding hydrogens is 264 g/mol. The summed E-state index contributed by atoms with van der Waals surface area (Å²) in [5, 5.41) is 6.44. The molecule has 4 nitrogen and oxygen atoms in total. The van der Waals surface area contributed by atoms with Crippen molar-refractivity contribution >= 4 is 34.2 Å². The Hall–Kier alpha value is -1.79. The molecule has 0 unspecified atom stereocenters. The molecular formula is C12H10N4S2. The SMILES string of the molecule is Cc1nc2c(C(N)=S)ccc(-c3cccs3)n2n1. The number of aryl methyl sites for hydroxylation is 1. The third-order valence-electron chi connectivity index (χ3n) is 2.63. The van der Waals surface area contributed by atoms with Gasteiger partial charge in [0.1, 0.15) is 10.8 Å². The average molecular weight is 274 g/mol. The molecule has 18 heavy (non-hydrogen) atoms. The van der Waals surface area contributed by atoms with Crippen LogP contribution in [-0.2, 0) is 0 Å². The Bertz CT molecular complexity index is 728. The first kappa shape index (κ1) is 11.3. The summed E-state index contributed by atoms with van der Waals surface area (Å²) >= 11 is 6.70. The number of hydrogen-bond donors (Lipinski definition) is 1. The van der Waals surface area contributed by atoms with Gasteiger partial charge in [0.05, 0.1) is 16.1 Å². The molecule has 0 spiro atoms. The summed E-state index contributed by atoms with van der Waals surface area (Å²) in [6.45, 7) is 1.86. The number of thiocarbonyl (C=S) groups is 1. The lowest BCUT2D eigenvalue weighted by Crippen LogP contribution is -2.12. The number of aromatic nitrogens is 3. The van der Waals surface area contributed by atoms with E-state index in [-0.39, 0.29) is 0 Å². The Morgan fingerprint density at radius 2 is 2.22 bits per heavy atom. The first-order valence-corrected chi connectivity index (χ1v) is 6.65. The standard InChI is InChI=1S/C12H10N4S2/c1-7-14-12-8(11(13)17)4-5-9(16(12)15-7)10-3-2-6-18-10/h2-6H,1H3,(H2,13,17). The molecule has 2 N–H and O–H groups in total. The minimum Gasteiger partial charge on any atom is -0.389 e. The molecule has 0 aliphatic carbocycles. The molecule has 0 radical (unpaired) electrons. The molecule has 0 bridgehead atoms. The van der Waals surface area contributed by atoms with Crippen LogP contribution in [0.2, 0.25) is 0 Å². The Morgan fingerprint density at radius 1 is 1.39 bits per heavy atom. The molecule has 3 heterocycles. The molecule has 0 aromatic carbocycles. The topological polar surface area (TPSA) is 56.2 Å². The van der Waals surface area contributed by atoms with Crippen molar-refractivity contribution in [3.8, 4) is 10.6 Å². The van der Waals surface area contributed by atoms with Crippen LogP contribution in [0.4, 0.5) is 0 Å². The number of pyridine rings is 1. The number of thiophene rings is 1. The number of rotatable bonds is 2. The molecule has 0 saturated heterocycles. The highest BCUT2D eigenvalue weighted by Gasteiger charge is 2.13. The Balaban J connectivity index is 2.36. The molecule has 0 atom stereocenters. The second-order valence-corrected chi connectivity index (χ2v) is 5.26. The summed E-state index contributed by atoms with van der Waals surface area (Å²) in [5.41, 5.74) is 8.18. The van der Waals surface area contributed by atoms with Gasteiger partial charge in [0.2, 0.25) is 0 Å². The van der Waals surface area contributed by atoms with Crippen LogP contribution < -0.4 is 5.73 Å². The first-order chi connectivity index (χ1) is 8.66. The van der Waals surface area contributed by atoms with Gasteiger partial charge in [0.25, 0.3) is 0 Å². The zero-order valence-electron chi connectivity index (χ0n) is 9.62. The largest absolute Gasteiger partial charge is 0.389 e. The van der Waals surface area contributed by atoms with Crippen molar-refractivity contribution in [1.82, 2.24) is 14.6 Å². The maximum atomic E-state index is 5.71. The van der Waals surface area contributed by atoms with Crippen molar-refractivity contribution in [3.63, 3.8) is 0 Å². The van der Waals surface area contributed by atoms with Gasteiger partial charge in [-0.2, -0.15) is 5.10 Å². The predicted molar refractivity (Wildman–Crippen MR) is 76.9 cm³/mol. The quantitative estimate of drug-likeness (QED) is 0.729. The summed E-state index contributed by atoms with van der Waals surface area (Å²) in [6.07, 6.45) is 0. The predicted octanol–water partition coefficient (Wildman–Crippen LogP) is 2.40. The van der Waals surface area contributed by atoms with Gasteiger partial charge in [-0.05, 0) is 30.5 Å². The van der Waals surface area contributed by atoms with Crippen LogP contribution in [0, 0.1) is 6.92 Å². The van der Waals surface area contributed by atoms with Gasteiger partial charge < -0.3 is 5.73 Å². The number of nitrogens with zero attached hydrogens (tertiary/aromatic N) is 3. The van der Waals surface area contributed by atoms with Crippen LogP contribution in [-0.4, -0.2) is 19.6 Å². The second kappa shape index (κ2) is 4.15. The fraction of sp³-hybridized carbons (Fsp3) is 0.0833. The monoisotopic (exact) mass is 274 g/mol. The number of hydrogen-bond acceptors (Lipinski definition) is 4. The molecule has 3 aromatic heterocycles. The molecule has 3 aromatic rings. The van der Waals surface area contributed by atoms with Crippen molar-refractivity contribution in [2.24, 2.45) is 5.73 Å². The van der Waals surface area contributed by atoms with Crippen LogP contribution in [0.3, 0.4) is 0 Å². The van der Waals surface area contributed by atoms with Crippen molar-refractivity contribution in [2.75, 3.05) is 0 Å². The van der Waals surface area contributed by atoms with Crippen molar-refractivity contribution in [3.05, 3.63) is 41.0 Å².